The molecule has 2 fully saturated rings. The molecule has 1 aromatic carbocycles. The number of aromatic nitrogens is 1. The number of nitrogens with zero attached hydrogens (tertiary/aromatic N) is 3. The van der Waals surface area contributed by atoms with Gasteiger partial charge in [0.1, 0.15) is 6.26 Å². The highest BCUT2D eigenvalue weighted by Crippen LogP contribution is 2.35. The van der Waals surface area contributed by atoms with Crippen molar-refractivity contribution in [3.63, 3.8) is 0 Å². The average molecular weight is 352 g/mol. The zero-order valence-electron chi connectivity index (χ0n) is 15.7. The second-order valence-corrected chi connectivity index (χ2v) is 7.62. The number of oxazole rings is 1. The summed E-state index contributed by atoms with van der Waals surface area (Å²) < 4.78 is 5.65. The summed E-state index contributed by atoms with van der Waals surface area (Å²) in [6, 6.07) is 8.24. The van der Waals surface area contributed by atoms with E-state index >= 15 is 0 Å². The number of benzene rings is 1. The summed E-state index contributed by atoms with van der Waals surface area (Å²) in [6.07, 6.45) is 7.27. The van der Waals surface area contributed by atoms with Gasteiger partial charge in [-0.2, -0.15) is 0 Å². The van der Waals surface area contributed by atoms with Gasteiger partial charge in [-0.3, -0.25) is 4.99 Å². The van der Waals surface area contributed by atoms with Crippen molar-refractivity contribution in [1.29, 1.82) is 0 Å². The second-order valence-electron chi connectivity index (χ2n) is 7.62. The van der Waals surface area contributed by atoms with Crippen LogP contribution in [0.5, 0.6) is 0 Å². The van der Waals surface area contributed by atoms with E-state index in [0.717, 1.165) is 42.1 Å². The molecule has 0 spiro atoms. The van der Waals surface area contributed by atoms with E-state index in [2.05, 4.69) is 39.2 Å². The fourth-order valence-electron chi connectivity index (χ4n) is 4.30. The van der Waals surface area contributed by atoms with E-state index in [-0.39, 0.29) is 0 Å². The van der Waals surface area contributed by atoms with Gasteiger partial charge in [-0.1, -0.05) is 30.5 Å². The average Bonchev–Trinajstić information content (AvgIpc) is 3.30. The SMILES string of the molecule is CN=C(NCc1coc(-c2ccc(C)cc2)n1)N1CC2CCCCC2C1. The highest BCUT2D eigenvalue weighted by Gasteiger charge is 2.35. The Balaban J connectivity index is 1.36. The molecule has 138 valence electrons. The Hall–Kier alpha value is -2.30. The van der Waals surface area contributed by atoms with Crippen LogP contribution in [0.1, 0.15) is 36.9 Å². The maximum absolute atomic E-state index is 5.65. The lowest BCUT2D eigenvalue weighted by Gasteiger charge is -2.22. The van der Waals surface area contributed by atoms with E-state index in [1.54, 1.807) is 6.26 Å². The van der Waals surface area contributed by atoms with Crippen LogP contribution in [-0.4, -0.2) is 36.0 Å². The summed E-state index contributed by atoms with van der Waals surface area (Å²) in [5.74, 6) is 3.35. The van der Waals surface area contributed by atoms with Gasteiger partial charge in [0, 0.05) is 25.7 Å². The van der Waals surface area contributed by atoms with Gasteiger partial charge >= 0.3 is 0 Å². The first-order valence-corrected chi connectivity index (χ1v) is 9.70. The molecule has 0 bridgehead atoms. The molecule has 1 aliphatic carbocycles. The fourth-order valence-corrected chi connectivity index (χ4v) is 4.30. The Kier molecular flexibility index (Phi) is 4.96. The molecule has 1 N–H and O–H groups in total. The predicted octanol–water partition coefficient (Wildman–Crippen LogP) is 3.85. The molecule has 2 aliphatic rings. The number of hydrogen-bond acceptors (Lipinski definition) is 3. The third kappa shape index (κ3) is 3.62. The zero-order chi connectivity index (χ0) is 17.9. The molecule has 1 aliphatic heterocycles. The summed E-state index contributed by atoms with van der Waals surface area (Å²) in [5, 5.41) is 3.46. The minimum atomic E-state index is 0.633. The fraction of sp³-hybridized carbons (Fsp3) is 0.524. The van der Waals surface area contributed by atoms with Crippen LogP contribution in [0.15, 0.2) is 39.9 Å². The number of aryl methyl sites for hydroxylation is 1. The normalized spacial score (nSPS) is 23.2. The number of aliphatic imine (C=N–C) groups is 1. The highest BCUT2D eigenvalue weighted by molar-refractivity contribution is 5.80. The molecular weight excluding hydrogens is 324 g/mol. The lowest BCUT2D eigenvalue weighted by Crippen LogP contribution is -2.39. The van der Waals surface area contributed by atoms with Crippen molar-refractivity contribution < 1.29 is 4.42 Å². The standard InChI is InChI=1S/C21H28N4O/c1-15-7-9-16(10-8-15)20-24-19(14-26-20)11-23-21(22-2)25-12-17-5-3-4-6-18(17)13-25/h7-10,14,17-18H,3-6,11-13H2,1-2H3,(H,22,23). The number of rotatable bonds is 3. The Labute approximate surface area is 155 Å². The molecule has 26 heavy (non-hydrogen) atoms. The zero-order valence-corrected chi connectivity index (χ0v) is 15.7. The van der Waals surface area contributed by atoms with Crippen molar-refractivity contribution in [3.05, 3.63) is 41.8 Å². The molecule has 5 heteroatoms. The molecule has 2 atom stereocenters. The molecule has 2 aromatic rings. The molecule has 1 aromatic heterocycles. The van der Waals surface area contributed by atoms with E-state index in [9.17, 15) is 0 Å². The second kappa shape index (κ2) is 7.52. The van der Waals surface area contributed by atoms with Gasteiger partial charge in [0.25, 0.3) is 0 Å². The van der Waals surface area contributed by atoms with Crippen molar-refractivity contribution in [2.45, 2.75) is 39.2 Å². The van der Waals surface area contributed by atoms with E-state index < -0.39 is 0 Å². The van der Waals surface area contributed by atoms with Crippen molar-refractivity contribution in [3.8, 4) is 11.5 Å². The van der Waals surface area contributed by atoms with Crippen LogP contribution in [0.3, 0.4) is 0 Å². The third-order valence-corrected chi connectivity index (χ3v) is 5.77. The Morgan fingerprint density at radius 2 is 1.88 bits per heavy atom. The first-order valence-electron chi connectivity index (χ1n) is 9.70. The minimum absolute atomic E-state index is 0.633. The van der Waals surface area contributed by atoms with Gasteiger partial charge < -0.3 is 14.6 Å². The van der Waals surface area contributed by atoms with Crippen molar-refractivity contribution in [2.24, 2.45) is 16.8 Å². The van der Waals surface area contributed by atoms with Crippen LogP contribution in [0.25, 0.3) is 11.5 Å². The van der Waals surface area contributed by atoms with Gasteiger partial charge in [-0.15, -0.1) is 0 Å². The minimum Gasteiger partial charge on any atom is -0.444 e. The van der Waals surface area contributed by atoms with E-state index in [1.165, 1.54) is 31.2 Å². The van der Waals surface area contributed by atoms with Gasteiger partial charge in [-0.25, -0.2) is 4.98 Å². The summed E-state index contributed by atoms with van der Waals surface area (Å²) >= 11 is 0. The highest BCUT2D eigenvalue weighted by atomic mass is 16.3. The maximum Gasteiger partial charge on any atom is 0.226 e. The molecule has 2 unspecified atom stereocenters. The topological polar surface area (TPSA) is 53.7 Å². The van der Waals surface area contributed by atoms with E-state index in [0.29, 0.717) is 12.4 Å². The van der Waals surface area contributed by atoms with E-state index in [4.69, 9.17) is 4.42 Å². The first kappa shape index (κ1) is 17.1. The third-order valence-electron chi connectivity index (χ3n) is 5.77. The molecule has 1 saturated carbocycles. The molecule has 0 amide bonds. The predicted molar refractivity (Wildman–Crippen MR) is 104 cm³/mol. The van der Waals surface area contributed by atoms with Gasteiger partial charge in [-0.05, 0) is 43.7 Å². The number of hydrogen-bond donors (Lipinski definition) is 1. The van der Waals surface area contributed by atoms with Gasteiger partial charge in [0.05, 0.1) is 12.2 Å². The van der Waals surface area contributed by atoms with Crippen molar-refractivity contribution in [1.82, 2.24) is 15.2 Å². The Bertz CT molecular complexity index is 751. The first-order chi connectivity index (χ1) is 12.7. The summed E-state index contributed by atoms with van der Waals surface area (Å²) in [4.78, 5) is 11.5. The summed E-state index contributed by atoms with van der Waals surface area (Å²) in [7, 11) is 1.87. The molecule has 4 rings (SSSR count). The maximum atomic E-state index is 5.65. The Morgan fingerprint density at radius 1 is 1.19 bits per heavy atom. The number of likely N-dealkylation sites (tertiary alicyclic amines) is 1. The largest absolute Gasteiger partial charge is 0.444 e. The van der Waals surface area contributed by atoms with Crippen LogP contribution >= 0.6 is 0 Å². The molecule has 1 saturated heterocycles. The van der Waals surface area contributed by atoms with Crippen LogP contribution in [-0.2, 0) is 6.54 Å². The lowest BCUT2D eigenvalue weighted by atomic mass is 9.82. The quantitative estimate of drug-likeness (QED) is 0.673. The van der Waals surface area contributed by atoms with Crippen LogP contribution in [0, 0.1) is 18.8 Å². The molecule has 0 radical (unpaired) electrons. The summed E-state index contributed by atoms with van der Waals surface area (Å²) in [6.45, 7) is 4.98. The van der Waals surface area contributed by atoms with Crippen LogP contribution in [0.2, 0.25) is 0 Å². The number of nitrogens with one attached hydrogen (secondary N) is 1. The van der Waals surface area contributed by atoms with Crippen LogP contribution in [0.4, 0.5) is 0 Å². The van der Waals surface area contributed by atoms with Gasteiger partial charge in [0.15, 0.2) is 5.96 Å². The number of guanidine groups is 1. The molecule has 2 heterocycles. The van der Waals surface area contributed by atoms with E-state index in [1.807, 2.05) is 19.2 Å². The number of fused-ring (bicyclic) bond motifs is 1. The van der Waals surface area contributed by atoms with Crippen molar-refractivity contribution >= 4 is 5.96 Å². The smallest absolute Gasteiger partial charge is 0.226 e. The van der Waals surface area contributed by atoms with Crippen LogP contribution < -0.4 is 5.32 Å². The molecular formula is C21H28N4O. The lowest BCUT2D eigenvalue weighted by molar-refractivity contribution is 0.299. The molecule has 5 nitrogen and oxygen atoms in total. The Morgan fingerprint density at radius 3 is 2.54 bits per heavy atom. The summed E-state index contributed by atoms with van der Waals surface area (Å²) in [5.41, 5.74) is 3.14. The van der Waals surface area contributed by atoms with Crippen molar-refractivity contribution in [2.75, 3.05) is 20.1 Å². The van der Waals surface area contributed by atoms with Gasteiger partial charge in [0.2, 0.25) is 5.89 Å². The monoisotopic (exact) mass is 352 g/mol.